The van der Waals surface area contributed by atoms with Gasteiger partial charge in [-0.25, -0.2) is 4.98 Å². The number of benzene rings is 2. The molecule has 1 fully saturated rings. The van der Waals surface area contributed by atoms with E-state index in [1.54, 1.807) is 12.1 Å². The third kappa shape index (κ3) is 7.32. The van der Waals surface area contributed by atoms with Crippen LogP contribution in [0.4, 0.5) is 24.7 Å². The molecule has 2 aromatic heterocycles. The second kappa shape index (κ2) is 13.4. The summed E-state index contributed by atoms with van der Waals surface area (Å²) >= 11 is 0. The summed E-state index contributed by atoms with van der Waals surface area (Å²) in [5.41, 5.74) is -3.17. The lowest BCUT2D eigenvalue weighted by Crippen LogP contribution is -2.53. The van der Waals surface area contributed by atoms with Crippen molar-refractivity contribution >= 4 is 33.9 Å². The molecule has 230 valence electrons. The number of pyridine rings is 2. The van der Waals surface area contributed by atoms with E-state index in [0.717, 1.165) is 42.7 Å². The van der Waals surface area contributed by atoms with Crippen LogP contribution in [0.1, 0.15) is 41.6 Å². The Kier molecular flexibility index (Phi) is 9.40. The molecule has 44 heavy (non-hydrogen) atoms. The summed E-state index contributed by atoms with van der Waals surface area (Å²) < 4.78 is 47.8. The van der Waals surface area contributed by atoms with Gasteiger partial charge in [0, 0.05) is 59.3 Å². The minimum atomic E-state index is -5.14. The van der Waals surface area contributed by atoms with Crippen LogP contribution in [-0.4, -0.2) is 69.7 Å². The molecule has 2 aromatic carbocycles. The Hall–Kier alpha value is -4.55. The van der Waals surface area contributed by atoms with E-state index in [1.165, 1.54) is 49.9 Å². The summed E-state index contributed by atoms with van der Waals surface area (Å²) in [5, 5.41) is 25.0. The number of hydrogen-bond donors (Lipinski definition) is 4. The fraction of sp³-hybridized carbons (Fsp3) is 0.312. The van der Waals surface area contributed by atoms with Crippen molar-refractivity contribution < 1.29 is 27.8 Å². The SMILES string of the molecule is N=C(CC(O)(Nc1ccc(C(=O)Nc2ccc(OCCN3CCCCC3)c3ccccc23)cn1)C(F)(F)F)c1cccnc1. The first-order valence-corrected chi connectivity index (χ1v) is 14.3. The Labute approximate surface area is 252 Å². The van der Waals surface area contributed by atoms with E-state index in [2.05, 4.69) is 20.2 Å². The van der Waals surface area contributed by atoms with Gasteiger partial charge in [0.05, 0.1) is 5.56 Å². The van der Waals surface area contributed by atoms with Crippen molar-refractivity contribution in [3.63, 3.8) is 0 Å². The molecule has 0 saturated carbocycles. The first kappa shape index (κ1) is 30.9. The van der Waals surface area contributed by atoms with E-state index in [9.17, 15) is 23.1 Å². The van der Waals surface area contributed by atoms with Crippen molar-refractivity contribution in [2.24, 2.45) is 0 Å². The van der Waals surface area contributed by atoms with E-state index in [4.69, 9.17) is 10.1 Å². The molecular weight excluding hydrogens is 573 g/mol. The zero-order valence-electron chi connectivity index (χ0n) is 23.9. The quantitative estimate of drug-likeness (QED) is 0.124. The topological polar surface area (TPSA) is 123 Å². The van der Waals surface area contributed by atoms with Gasteiger partial charge < -0.3 is 25.9 Å². The van der Waals surface area contributed by atoms with Crippen LogP contribution in [0.5, 0.6) is 5.75 Å². The second-order valence-electron chi connectivity index (χ2n) is 10.7. The Balaban J connectivity index is 1.25. The lowest BCUT2D eigenvalue weighted by Gasteiger charge is -2.32. The molecule has 3 heterocycles. The molecule has 5 rings (SSSR count). The number of ether oxygens (including phenoxy) is 1. The third-order valence-electron chi connectivity index (χ3n) is 7.52. The summed E-state index contributed by atoms with van der Waals surface area (Å²) in [6.07, 6.45) is 1.25. The molecule has 12 heteroatoms. The zero-order chi connectivity index (χ0) is 31.2. The van der Waals surface area contributed by atoms with Gasteiger partial charge in [-0.3, -0.25) is 14.7 Å². The molecule has 0 spiro atoms. The number of fused-ring (bicyclic) bond motifs is 1. The number of nitrogens with one attached hydrogen (secondary N) is 3. The fourth-order valence-corrected chi connectivity index (χ4v) is 5.10. The van der Waals surface area contributed by atoms with E-state index in [-0.39, 0.29) is 16.9 Å². The average molecular weight is 607 g/mol. The van der Waals surface area contributed by atoms with Crippen molar-refractivity contribution in [1.29, 1.82) is 5.41 Å². The molecule has 1 saturated heterocycles. The van der Waals surface area contributed by atoms with Crippen molar-refractivity contribution in [2.45, 2.75) is 37.6 Å². The number of amides is 1. The molecule has 1 unspecified atom stereocenters. The van der Waals surface area contributed by atoms with Crippen LogP contribution in [0, 0.1) is 5.41 Å². The number of carbonyl (C=O) groups is 1. The van der Waals surface area contributed by atoms with Crippen LogP contribution in [-0.2, 0) is 0 Å². The van der Waals surface area contributed by atoms with Gasteiger partial charge in [-0.05, 0) is 56.3 Å². The van der Waals surface area contributed by atoms with Gasteiger partial charge in [0.1, 0.15) is 18.2 Å². The van der Waals surface area contributed by atoms with Crippen LogP contribution < -0.4 is 15.4 Å². The molecule has 0 aliphatic carbocycles. The second-order valence-corrected chi connectivity index (χ2v) is 10.7. The Morgan fingerprint density at radius 3 is 2.41 bits per heavy atom. The summed E-state index contributed by atoms with van der Waals surface area (Å²) in [6.45, 7) is 3.57. The van der Waals surface area contributed by atoms with Gasteiger partial charge in [-0.2, -0.15) is 13.2 Å². The molecule has 9 nitrogen and oxygen atoms in total. The minimum Gasteiger partial charge on any atom is -0.492 e. The van der Waals surface area contributed by atoms with Crippen molar-refractivity contribution in [1.82, 2.24) is 14.9 Å². The standard InChI is InChI=1S/C32H33F3N6O3/c33-32(34,35)31(43,19-26(36)22-7-6-14-37-20-22)40-29-13-10-23(21-38-29)30(42)39-27-11-12-28(25-9-3-2-8-24(25)27)44-18-17-41-15-4-1-5-16-41/h2-3,6-14,20-21,36,43H,1,4-5,15-19H2,(H,38,40)(H,39,42). The number of alkyl halides is 3. The first-order chi connectivity index (χ1) is 21.1. The normalized spacial score (nSPS) is 15.4. The van der Waals surface area contributed by atoms with E-state index in [0.29, 0.717) is 18.0 Å². The number of aromatic nitrogens is 2. The van der Waals surface area contributed by atoms with E-state index in [1.807, 2.05) is 29.6 Å². The molecule has 1 aliphatic heterocycles. The number of carbonyl (C=O) groups excluding carboxylic acids is 1. The smallest absolute Gasteiger partial charge is 0.436 e. The highest BCUT2D eigenvalue weighted by molar-refractivity contribution is 6.10. The molecule has 0 bridgehead atoms. The monoisotopic (exact) mass is 606 g/mol. The maximum Gasteiger partial charge on any atom is 0.436 e. The highest BCUT2D eigenvalue weighted by Gasteiger charge is 2.55. The van der Waals surface area contributed by atoms with Gasteiger partial charge in [0.2, 0.25) is 5.72 Å². The number of likely N-dealkylation sites (tertiary alicyclic amines) is 1. The van der Waals surface area contributed by atoms with Crippen LogP contribution in [0.15, 0.2) is 79.3 Å². The number of piperidine rings is 1. The highest BCUT2D eigenvalue weighted by Crippen LogP contribution is 2.35. The summed E-state index contributed by atoms with van der Waals surface area (Å²) in [4.78, 5) is 23.2. The van der Waals surface area contributed by atoms with Gasteiger partial charge in [0.25, 0.3) is 5.91 Å². The predicted molar refractivity (Wildman–Crippen MR) is 162 cm³/mol. The number of aliphatic hydroxyl groups is 1. The largest absolute Gasteiger partial charge is 0.492 e. The summed E-state index contributed by atoms with van der Waals surface area (Å²) in [5.74, 6) is -0.129. The minimum absolute atomic E-state index is 0.0974. The van der Waals surface area contributed by atoms with E-state index >= 15 is 0 Å². The van der Waals surface area contributed by atoms with Crippen LogP contribution in [0.25, 0.3) is 10.8 Å². The summed E-state index contributed by atoms with van der Waals surface area (Å²) in [6, 6.07) is 16.5. The molecule has 0 radical (unpaired) electrons. The maximum absolute atomic E-state index is 13.9. The van der Waals surface area contributed by atoms with Crippen molar-refractivity contribution in [2.75, 3.05) is 36.9 Å². The van der Waals surface area contributed by atoms with Crippen LogP contribution in [0.3, 0.4) is 0 Å². The molecular formula is C32H33F3N6O3. The first-order valence-electron chi connectivity index (χ1n) is 14.3. The fourth-order valence-electron chi connectivity index (χ4n) is 5.10. The van der Waals surface area contributed by atoms with Crippen LogP contribution >= 0.6 is 0 Å². The number of halogens is 3. The summed E-state index contributed by atoms with van der Waals surface area (Å²) in [7, 11) is 0. The Morgan fingerprint density at radius 2 is 1.73 bits per heavy atom. The number of anilines is 2. The number of rotatable bonds is 11. The highest BCUT2D eigenvalue weighted by atomic mass is 19.4. The molecule has 4 aromatic rings. The number of hydrogen-bond acceptors (Lipinski definition) is 8. The lowest BCUT2D eigenvalue weighted by molar-refractivity contribution is -0.245. The van der Waals surface area contributed by atoms with Gasteiger partial charge in [-0.1, -0.05) is 36.8 Å². The average Bonchev–Trinajstić information content (AvgIpc) is 3.02. The maximum atomic E-state index is 13.9. The predicted octanol–water partition coefficient (Wildman–Crippen LogP) is 5.87. The van der Waals surface area contributed by atoms with Crippen molar-refractivity contribution in [3.05, 3.63) is 90.4 Å². The Bertz CT molecular complexity index is 1590. The van der Waals surface area contributed by atoms with E-state index < -0.39 is 29.9 Å². The zero-order valence-corrected chi connectivity index (χ0v) is 23.9. The Morgan fingerprint density at radius 1 is 0.955 bits per heavy atom. The molecule has 1 atom stereocenters. The van der Waals surface area contributed by atoms with Gasteiger partial charge in [-0.15, -0.1) is 0 Å². The third-order valence-corrected chi connectivity index (χ3v) is 7.52. The van der Waals surface area contributed by atoms with Crippen LogP contribution in [0.2, 0.25) is 0 Å². The van der Waals surface area contributed by atoms with Gasteiger partial charge >= 0.3 is 6.18 Å². The molecule has 1 aliphatic rings. The lowest BCUT2D eigenvalue weighted by atomic mass is 10.0. The molecule has 1 amide bonds. The number of nitrogens with zero attached hydrogens (tertiary/aromatic N) is 3. The van der Waals surface area contributed by atoms with Crippen molar-refractivity contribution in [3.8, 4) is 5.75 Å². The van der Waals surface area contributed by atoms with Gasteiger partial charge in [0.15, 0.2) is 0 Å². The molecule has 4 N–H and O–H groups in total.